The highest BCUT2D eigenvalue weighted by Gasteiger charge is 2.30. The molecule has 3 rings (SSSR count). The van der Waals surface area contributed by atoms with Crippen molar-refractivity contribution in [2.75, 3.05) is 0 Å². The lowest BCUT2D eigenvalue weighted by atomic mass is 10.0. The minimum atomic E-state index is -4.35. The molecule has 3 nitrogen and oxygen atoms in total. The van der Waals surface area contributed by atoms with E-state index in [1.807, 2.05) is 0 Å². The summed E-state index contributed by atoms with van der Waals surface area (Å²) in [7, 11) is 0. The van der Waals surface area contributed by atoms with E-state index in [0.717, 1.165) is 12.1 Å². The van der Waals surface area contributed by atoms with E-state index < -0.39 is 11.7 Å². The van der Waals surface area contributed by atoms with E-state index in [0.29, 0.717) is 16.8 Å². The first kappa shape index (κ1) is 11.7. The van der Waals surface area contributed by atoms with E-state index in [-0.39, 0.29) is 0 Å². The van der Waals surface area contributed by atoms with Gasteiger partial charge >= 0.3 is 6.18 Å². The summed E-state index contributed by atoms with van der Waals surface area (Å²) >= 11 is 0. The van der Waals surface area contributed by atoms with E-state index in [2.05, 4.69) is 10.1 Å². The van der Waals surface area contributed by atoms with Crippen LogP contribution < -0.4 is 0 Å². The van der Waals surface area contributed by atoms with Gasteiger partial charge in [0.2, 0.25) is 0 Å². The Morgan fingerprint density at radius 3 is 2.68 bits per heavy atom. The second-order valence-electron chi connectivity index (χ2n) is 4.02. The quantitative estimate of drug-likeness (QED) is 0.673. The van der Waals surface area contributed by atoms with Gasteiger partial charge in [-0.15, -0.1) is 0 Å². The topological polar surface area (TPSA) is 30.2 Å². The Morgan fingerprint density at radius 1 is 1.05 bits per heavy atom. The van der Waals surface area contributed by atoms with Crippen LogP contribution in [0.2, 0.25) is 0 Å². The number of nitrogens with zero attached hydrogens (tertiary/aromatic N) is 3. The van der Waals surface area contributed by atoms with Crippen LogP contribution in [0.1, 0.15) is 5.56 Å². The molecule has 1 aromatic carbocycles. The van der Waals surface area contributed by atoms with Crippen LogP contribution >= 0.6 is 0 Å². The van der Waals surface area contributed by atoms with Gasteiger partial charge in [-0.25, -0.2) is 9.50 Å². The summed E-state index contributed by atoms with van der Waals surface area (Å²) < 4.78 is 39.6. The molecule has 0 aliphatic heterocycles. The van der Waals surface area contributed by atoms with Crippen LogP contribution in [-0.4, -0.2) is 14.6 Å². The SMILES string of the molecule is FC(F)(F)c1cccc(-c2ccnn3ccnc23)c1. The number of aromatic nitrogens is 3. The number of hydrogen-bond acceptors (Lipinski definition) is 2. The van der Waals surface area contributed by atoms with Crippen molar-refractivity contribution >= 4 is 5.65 Å². The molecule has 0 unspecified atom stereocenters. The standard InChI is InChI=1S/C13H8F3N3/c14-13(15,16)10-3-1-2-9(8-10)11-4-5-18-19-7-6-17-12(11)19/h1-8H. The van der Waals surface area contributed by atoms with Gasteiger partial charge in [0.15, 0.2) is 5.65 Å². The fourth-order valence-electron chi connectivity index (χ4n) is 1.93. The molecule has 3 aromatic rings. The molecule has 0 aliphatic rings. The number of alkyl halides is 3. The van der Waals surface area contributed by atoms with Crippen molar-refractivity contribution in [1.82, 2.24) is 14.6 Å². The molecule has 0 bridgehead atoms. The van der Waals surface area contributed by atoms with Gasteiger partial charge in [0.25, 0.3) is 0 Å². The average Bonchev–Trinajstić information content (AvgIpc) is 2.86. The maximum Gasteiger partial charge on any atom is 0.416 e. The predicted octanol–water partition coefficient (Wildman–Crippen LogP) is 3.42. The highest BCUT2D eigenvalue weighted by molar-refractivity contribution is 5.77. The summed E-state index contributed by atoms with van der Waals surface area (Å²) in [5.41, 5.74) is 0.938. The molecule has 0 spiro atoms. The van der Waals surface area contributed by atoms with Gasteiger partial charge in [-0.2, -0.15) is 18.3 Å². The van der Waals surface area contributed by atoms with Crippen LogP contribution in [0.25, 0.3) is 16.8 Å². The third-order valence-corrected chi connectivity index (χ3v) is 2.80. The Bertz CT molecular complexity index is 731. The van der Waals surface area contributed by atoms with E-state index >= 15 is 0 Å². The first-order valence-electron chi connectivity index (χ1n) is 5.52. The van der Waals surface area contributed by atoms with Crippen molar-refractivity contribution in [1.29, 1.82) is 0 Å². The molecule has 0 atom stereocenters. The molecule has 0 radical (unpaired) electrons. The lowest BCUT2D eigenvalue weighted by molar-refractivity contribution is -0.137. The minimum Gasteiger partial charge on any atom is -0.235 e. The molecule has 6 heteroatoms. The zero-order chi connectivity index (χ0) is 13.5. The van der Waals surface area contributed by atoms with Gasteiger partial charge in [0, 0.05) is 24.2 Å². The summed E-state index contributed by atoms with van der Waals surface area (Å²) in [4.78, 5) is 4.11. The minimum absolute atomic E-state index is 0.466. The highest BCUT2D eigenvalue weighted by atomic mass is 19.4. The lowest BCUT2D eigenvalue weighted by Crippen LogP contribution is -2.04. The summed E-state index contributed by atoms with van der Waals surface area (Å²) in [5.74, 6) is 0. The molecule has 0 N–H and O–H groups in total. The van der Waals surface area contributed by atoms with Gasteiger partial charge < -0.3 is 0 Å². The summed E-state index contributed by atoms with van der Waals surface area (Å²) in [5, 5.41) is 4.03. The van der Waals surface area contributed by atoms with Gasteiger partial charge in [0.05, 0.1) is 5.56 Å². The summed E-state index contributed by atoms with van der Waals surface area (Å²) in [6, 6.07) is 6.83. The predicted molar refractivity (Wildman–Crippen MR) is 63.4 cm³/mol. The molecular weight excluding hydrogens is 255 g/mol. The average molecular weight is 263 g/mol. The van der Waals surface area contributed by atoms with E-state index in [1.54, 1.807) is 24.5 Å². The zero-order valence-corrected chi connectivity index (χ0v) is 9.59. The van der Waals surface area contributed by atoms with Crippen LogP contribution in [0.15, 0.2) is 48.9 Å². The molecule has 0 amide bonds. The third-order valence-electron chi connectivity index (χ3n) is 2.80. The van der Waals surface area contributed by atoms with E-state index in [1.165, 1.54) is 16.8 Å². The van der Waals surface area contributed by atoms with Crippen molar-refractivity contribution in [3.63, 3.8) is 0 Å². The maximum absolute atomic E-state index is 12.7. The number of fused-ring (bicyclic) bond motifs is 1. The first-order chi connectivity index (χ1) is 9.05. The highest BCUT2D eigenvalue weighted by Crippen LogP contribution is 2.32. The van der Waals surface area contributed by atoms with Crippen LogP contribution in [0, 0.1) is 0 Å². The molecule has 2 heterocycles. The number of benzene rings is 1. The van der Waals surface area contributed by atoms with Crippen molar-refractivity contribution in [2.24, 2.45) is 0 Å². The Labute approximate surface area is 106 Å². The van der Waals surface area contributed by atoms with Crippen molar-refractivity contribution < 1.29 is 13.2 Å². The van der Waals surface area contributed by atoms with Gasteiger partial charge in [-0.1, -0.05) is 12.1 Å². The smallest absolute Gasteiger partial charge is 0.235 e. The molecule has 96 valence electrons. The number of rotatable bonds is 1. The maximum atomic E-state index is 12.7. The Hall–Kier alpha value is -2.37. The normalized spacial score (nSPS) is 11.9. The van der Waals surface area contributed by atoms with Gasteiger partial charge in [0.1, 0.15) is 0 Å². The molecule has 0 saturated carbocycles. The second kappa shape index (κ2) is 4.08. The third kappa shape index (κ3) is 2.05. The molecule has 19 heavy (non-hydrogen) atoms. The number of hydrogen-bond donors (Lipinski definition) is 0. The fraction of sp³-hybridized carbons (Fsp3) is 0.0769. The van der Waals surface area contributed by atoms with Gasteiger partial charge in [-0.3, -0.25) is 0 Å². The van der Waals surface area contributed by atoms with Crippen molar-refractivity contribution in [3.8, 4) is 11.1 Å². The van der Waals surface area contributed by atoms with Gasteiger partial charge in [-0.05, 0) is 23.8 Å². The Balaban J connectivity index is 2.19. The first-order valence-corrected chi connectivity index (χ1v) is 5.52. The lowest BCUT2D eigenvalue weighted by Gasteiger charge is -2.09. The molecule has 2 aromatic heterocycles. The van der Waals surface area contributed by atoms with Crippen molar-refractivity contribution in [3.05, 3.63) is 54.5 Å². The largest absolute Gasteiger partial charge is 0.416 e. The molecular formula is C13H8F3N3. The second-order valence-corrected chi connectivity index (χ2v) is 4.02. The van der Waals surface area contributed by atoms with Crippen LogP contribution in [0.3, 0.4) is 0 Å². The van der Waals surface area contributed by atoms with Crippen molar-refractivity contribution in [2.45, 2.75) is 6.18 Å². The van der Waals surface area contributed by atoms with E-state index in [9.17, 15) is 13.2 Å². The molecule has 0 fully saturated rings. The Kier molecular flexibility index (Phi) is 2.51. The molecule has 0 aliphatic carbocycles. The summed E-state index contributed by atoms with van der Waals surface area (Å²) in [6.45, 7) is 0. The van der Waals surface area contributed by atoms with E-state index in [4.69, 9.17) is 0 Å². The van der Waals surface area contributed by atoms with Crippen LogP contribution in [0.5, 0.6) is 0 Å². The van der Waals surface area contributed by atoms with Crippen LogP contribution in [-0.2, 0) is 6.18 Å². The fourth-order valence-corrected chi connectivity index (χ4v) is 1.93. The number of imidazole rings is 1. The monoisotopic (exact) mass is 263 g/mol. The van der Waals surface area contributed by atoms with Crippen LogP contribution in [0.4, 0.5) is 13.2 Å². The molecule has 0 saturated heterocycles. The Morgan fingerprint density at radius 2 is 1.89 bits per heavy atom. The number of halogens is 3. The zero-order valence-electron chi connectivity index (χ0n) is 9.59. The summed E-state index contributed by atoms with van der Waals surface area (Å²) in [6.07, 6.45) is 0.380.